The van der Waals surface area contributed by atoms with Crippen LogP contribution in [-0.4, -0.2) is 52.6 Å². The van der Waals surface area contributed by atoms with Crippen LogP contribution in [0.25, 0.3) is 0 Å². The number of carboxylic acid groups (broad SMARTS) is 1. The minimum absolute atomic E-state index is 0.289. The van der Waals surface area contributed by atoms with Crippen LogP contribution < -0.4 is 5.32 Å². The molecule has 2 N–H and O–H groups in total. The molecule has 0 radical (unpaired) electrons. The van der Waals surface area contributed by atoms with Gasteiger partial charge in [0.25, 0.3) is 0 Å². The zero-order valence-corrected chi connectivity index (χ0v) is 11.0. The summed E-state index contributed by atoms with van der Waals surface area (Å²) < 4.78 is 0. The van der Waals surface area contributed by atoms with Gasteiger partial charge in [0.1, 0.15) is 6.04 Å². The number of nitrogens with zero attached hydrogens (tertiary/aromatic N) is 1. The topological polar surface area (TPSA) is 69.6 Å². The highest BCUT2D eigenvalue weighted by molar-refractivity contribution is 7.99. The van der Waals surface area contributed by atoms with E-state index in [1.165, 1.54) is 4.90 Å². The van der Waals surface area contributed by atoms with Gasteiger partial charge in [0.05, 0.1) is 5.75 Å². The van der Waals surface area contributed by atoms with Gasteiger partial charge in [-0.3, -0.25) is 0 Å². The van der Waals surface area contributed by atoms with Crippen molar-refractivity contribution in [3.8, 4) is 12.3 Å². The van der Waals surface area contributed by atoms with Crippen LogP contribution in [0.4, 0.5) is 4.79 Å². The molecular weight excluding hydrogens is 252 g/mol. The van der Waals surface area contributed by atoms with Crippen LogP contribution >= 0.6 is 11.8 Å². The van der Waals surface area contributed by atoms with Gasteiger partial charge in [0.15, 0.2) is 0 Å². The predicted molar refractivity (Wildman–Crippen MR) is 71.5 cm³/mol. The second kappa shape index (κ2) is 7.88. The molecule has 1 saturated heterocycles. The monoisotopic (exact) mass is 270 g/mol. The lowest BCUT2D eigenvalue weighted by Gasteiger charge is -2.32. The summed E-state index contributed by atoms with van der Waals surface area (Å²) in [6.45, 7) is 1.02. The molecule has 0 saturated carbocycles. The predicted octanol–water partition coefficient (Wildman–Crippen LogP) is 1.00. The van der Waals surface area contributed by atoms with Crippen molar-refractivity contribution in [2.24, 2.45) is 0 Å². The van der Waals surface area contributed by atoms with Crippen molar-refractivity contribution < 1.29 is 14.7 Å². The van der Waals surface area contributed by atoms with Crippen LogP contribution in [0.15, 0.2) is 0 Å². The van der Waals surface area contributed by atoms with Crippen molar-refractivity contribution in [2.75, 3.05) is 24.6 Å². The second-order valence-electron chi connectivity index (χ2n) is 4.03. The lowest BCUT2D eigenvalue weighted by molar-refractivity contribution is -0.143. The van der Waals surface area contributed by atoms with Gasteiger partial charge in [-0.05, 0) is 19.3 Å². The number of likely N-dealkylation sites (tertiary alicyclic amines) is 1. The van der Waals surface area contributed by atoms with Crippen LogP contribution in [0.5, 0.6) is 0 Å². The zero-order valence-electron chi connectivity index (χ0n) is 10.2. The summed E-state index contributed by atoms with van der Waals surface area (Å²) in [6, 6.07) is -0.972. The molecule has 0 spiro atoms. The summed E-state index contributed by atoms with van der Waals surface area (Å²) in [4.78, 5) is 24.3. The third-order valence-electron chi connectivity index (χ3n) is 2.76. The molecule has 1 unspecified atom stereocenters. The SMILES string of the molecule is C#CCSCCNC(=O)N1CCCCC1C(=O)O. The Balaban J connectivity index is 2.34. The number of thioether (sulfide) groups is 1. The van der Waals surface area contributed by atoms with E-state index in [9.17, 15) is 9.59 Å². The Morgan fingerprint density at radius 1 is 1.50 bits per heavy atom. The molecule has 5 nitrogen and oxygen atoms in total. The Labute approximate surface area is 111 Å². The number of nitrogens with one attached hydrogen (secondary N) is 1. The second-order valence-corrected chi connectivity index (χ2v) is 5.14. The normalized spacial score (nSPS) is 19.1. The molecule has 0 aromatic rings. The van der Waals surface area contributed by atoms with E-state index < -0.39 is 12.0 Å². The lowest BCUT2D eigenvalue weighted by atomic mass is 10.0. The molecule has 6 heteroatoms. The van der Waals surface area contributed by atoms with E-state index in [-0.39, 0.29) is 6.03 Å². The summed E-state index contributed by atoms with van der Waals surface area (Å²) in [5.74, 6) is 2.94. The average Bonchev–Trinajstić information content (AvgIpc) is 2.38. The summed E-state index contributed by atoms with van der Waals surface area (Å²) in [7, 11) is 0. The average molecular weight is 270 g/mol. The fourth-order valence-corrected chi connectivity index (χ4v) is 2.40. The van der Waals surface area contributed by atoms with E-state index in [0.717, 1.165) is 18.6 Å². The molecule has 0 aromatic heterocycles. The molecule has 2 amide bonds. The minimum atomic E-state index is -0.924. The Bertz CT molecular complexity index is 341. The van der Waals surface area contributed by atoms with E-state index in [1.54, 1.807) is 11.8 Å². The van der Waals surface area contributed by atoms with Gasteiger partial charge in [-0.25, -0.2) is 9.59 Å². The van der Waals surface area contributed by atoms with Crippen LogP contribution in [0.2, 0.25) is 0 Å². The van der Waals surface area contributed by atoms with Gasteiger partial charge >= 0.3 is 12.0 Å². The van der Waals surface area contributed by atoms with Gasteiger partial charge in [-0.15, -0.1) is 18.2 Å². The highest BCUT2D eigenvalue weighted by Crippen LogP contribution is 2.17. The van der Waals surface area contributed by atoms with Crippen molar-refractivity contribution >= 4 is 23.8 Å². The molecule has 1 fully saturated rings. The first kappa shape index (κ1) is 14.7. The van der Waals surface area contributed by atoms with Crippen LogP contribution in [0.3, 0.4) is 0 Å². The van der Waals surface area contributed by atoms with Crippen molar-refractivity contribution in [3.63, 3.8) is 0 Å². The van der Waals surface area contributed by atoms with Crippen molar-refractivity contribution in [3.05, 3.63) is 0 Å². The lowest BCUT2D eigenvalue weighted by Crippen LogP contribution is -2.52. The smallest absolute Gasteiger partial charge is 0.326 e. The molecule has 1 rings (SSSR count). The number of terminal acetylenes is 1. The zero-order chi connectivity index (χ0) is 13.4. The largest absolute Gasteiger partial charge is 0.480 e. The van der Waals surface area contributed by atoms with Gasteiger partial charge in [-0.1, -0.05) is 5.92 Å². The number of carbonyl (C=O) groups excluding carboxylic acids is 1. The van der Waals surface area contributed by atoms with Crippen molar-refractivity contribution in [1.29, 1.82) is 0 Å². The van der Waals surface area contributed by atoms with Gasteiger partial charge in [-0.2, -0.15) is 0 Å². The van der Waals surface area contributed by atoms with Crippen LogP contribution in [-0.2, 0) is 4.79 Å². The minimum Gasteiger partial charge on any atom is -0.480 e. The summed E-state index contributed by atoms with van der Waals surface area (Å²) >= 11 is 1.56. The first-order chi connectivity index (χ1) is 8.66. The first-order valence-corrected chi connectivity index (χ1v) is 7.10. The Morgan fingerprint density at radius 3 is 2.94 bits per heavy atom. The quantitative estimate of drug-likeness (QED) is 0.577. The summed E-state index contributed by atoms with van der Waals surface area (Å²) in [5, 5.41) is 11.8. The molecule has 1 aliphatic heterocycles. The van der Waals surface area contributed by atoms with Crippen molar-refractivity contribution in [2.45, 2.75) is 25.3 Å². The maximum atomic E-state index is 11.8. The maximum Gasteiger partial charge on any atom is 0.326 e. The molecule has 0 bridgehead atoms. The number of hydrogen-bond acceptors (Lipinski definition) is 3. The number of urea groups is 1. The van der Waals surface area contributed by atoms with Gasteiger partial charge < -0.3 is 15.3 Å². The number of amides is 2. The van der Waals surface area contributed by atoms with E-state index in [2.05, 4.69) is 11.2 Å². The van der Waals surface area contributed by atoms with E-state index in [0.29, 0.717) is 25.3 Å². The third kappa shape index (κ3) is 4.49. The molecule has 1 aliphatic rings. The molecule has 1 atom stereocenters. The standard InChI is InChI=1S/C12H18N2O3S/c1-2-8-18-9-6-13-12(17)14-7-4-3-5-10(14)11(15)16/h1,10H,3-9H2,(H,13,17)(H,15,16). The number of carbonyl (C=O) groups is 2. The molecule has 1 heterocycles. The number of carboxylic acids is 1. The molecule has 0 aliphatic carbocycles. The van der Waals surface area contributed by atoms with Crippen LogP contribution in [0.1, 0.15) is 19.3 Å². The summed E-state index contributed by atoms with van der Waals surface area (Å²) in [5.41, 5.74) is 0. The van der Waals surface area contributed by atoms with Crippen molar-refractivity contribution in [1.82, 2.24) is 10.2 Å². The Kier molecular flexibility index (Phi) is 6.44. The molecule has 100 valence electrons. The Hall–Kier alpha value is -1.35. The number of hydrogen-bond donors (Lipinski definition) is 2. The highest BCUT2D eigenvalue weighted by atomic mass is 32.2. The summed E-state index contributed by atoms with van der Waals surface area (Å²) in [6.07, 6.45) is 7.37. The first-order valence-electron chi connectivity index (χ1n) is 5.95. The van der Waals surface area contributed by atoms with Gasteiger partial charge in [0, 0.05) is 18.8 Å². The fourth-order valence-electron chi connectivity index (χ4n) is 1.89. The number of aliphatic carboxylic acids is 1. The van der Waals surface area contributed by atoms with Gasteiger partial charge in [0.2, 0.25) is 0 Å². The maximum absolute atomic E-state index is 11.8. The molecule has 0 aromatic carbocycles. The highest BCUT2D eigenvalue weighted by Gasteiger charge is 2.31. The number of piperidine rings is 1. The fraction of sp³-hybridized carbons (Fsp3) is 0.667. The molecular formula is C12H18N2O3S. The number of rotatable bonds is 5. The van der Waals surface area contributed by atoms with E-state index in [4.69, 9.17) is 11.5 Å². The molecule has 18 heavy (non-hydrogen) atoms. The van der Waals surface area contributed by atoms with E-state index >= 15 is 0 Å². The van der Waals surface area contributed by atoms with Crippen LogP contribution in [0, 0.1) is 12.3 Å². The Morgan fingerprint density at radius 2 is 2.28 bits per heavy atom. The third-order valence-corrected chi connectivity index (χ3v) is 3.62. The van der Waals surface area contributed by atoms with E-state index in [1.807, 2.05) is 0 Å².